The van der Waals surface area contributed by atoms with Gasteiger partial charge < -0.3 is 9.94 Å². The van der Waals surface area contributed by atoms with E-state index < -0.39 is 38.5 Å². The highest BCUT2D eigenvalue weighted by Gasteiger charge is 2.27. The SMILES string of the molecule is Cc1ccc(S(=O)(=O)NC(CO)C(=O)ON)cc1[N+](=O)[O-]. The Morgan fingerprint density at radius 3 is 2.67 bits per heavy atom. The van der Waals surface area contributed by atoms with Crippen molar-refractivity contribution in [2.75, 3.05) is 6.61 Å². The molecule has 11 heteroatoms. The van der Waals surface area contributed by atoms with E-state index in [2.05, 4.69) is 10.7 Å². The van der Waals surface area contributed by atoms with Gasteiger partial charge in [-0.1, -0.05) is 6.07 Å². The van der Waals surface area contributed by atoms with Gasteiger partial charge in [0.1, 0.15) is 6.04 Å². The standard InChI is InChI=1S/C10H13N3O7S/c1-6-2-3-7(4-9(6)13(16)17)21(18,19)12-8(5-14)10(15)20-11/h2-4,8,12,14H,5,11H2,1H3. The molecule has 0 fully saturated rings. The fourth-order valence-corrected chi connectivity index (χ4v) is 2.65. The maximum Gasteiger partial charge on any atom is 0.345 e. The van der Waals surface area contributed by atoms with Crippen LogP contribution in [-0.4, -0.2) is 37.1 Å². The van der Waals surface area contributed by atoms with E-state index in [0.29, 0.717) is 0 Å². The molecule has 21 heavy (non-hydrogen) atoms. The summed E-state index contributed by atoms with van der Waals surface area (Å²) in [6.07, 6.45) is 0. The number of hydrogen-bond acceptors (Lipinski definition) is 8. The minimum Gasteiger partial charge on any atom is -0.394 e. The van der Waals surface area contributed by atoms with Crippen LogP contribution in [0.25, 0.3) is 0 Å². The van der Waals surface area contributed by atoms with Gasteiger partial charge in [-0.05, 0) is 13.0 Å². The van der Waals surface area contributed by atoms with E-state index in [0.717, 1.165) is 12.1 Å². The lowest BCUT2D eigenvalue weighted by molar-refractivity contribution is -0.385. The maximum absolute atomic E-state index is 12.0. The summed E-state index contributed by atoms with van der Waals surface area (Å²) in [5.41, 5.74) is -0.112. The van der Waals surface area contributed by atoms with Gasteiger partial charge in [0.25, 0.3) is 5.69 Å². The van der Waals surface area contributed by atoms with Crippen LogP contribution < -0.4 is 10.6 Å². The average molecular weight is 319 g/mol. The lowest BCUT2D eigenvalue weighted by atomic mass is 10.2. The van der Waals surface area contributed by atoms with Crippen molar-refractivity contribution in [2.24, 2.45) is 5.90 Å². The van der Waals surface area contributed by atoms with Gasteiger partial charge in [0.05, 0.1) is 16.4 Å². The Bertz CT molecular complexity index is 659. The lowest BCUT2D eigenvalue weighted by Crippen LogP contribution is -2.45. The summed E-state index contributed by atoms with van der Waals surface area (Å²) < 4.78 is 25.9. The fourth-order valence-electron chi connectivity index (χ4n) is 1.45. The van der Waals surface area contributed by atoms with Gasteiger partial charge >= 0.3 is 5.97 Å². The zero-order valence-electron chi connectivity index (χ0n) is 10.8. The van der Waals surface area contributed by atoms with Crippen LogP contribution >= 0.6 is 0 Å². The van der Waals surface area contributed by atoms with Gasteiger partial charge in [-0.25, -0.2) is 13.2 Å². The minimum atomic E-state index is -4.27. The molecule has 1 aromatic carbocycles. The first kappa shape index (κ1) is 17.0. The number of nitro groups is 1. The number of nitrogens with one attached hydrogen (secondary N) is 1. The molecule has 116 valence electrons. The number of nitrogens with two attached hydrogens (primary N) is 1. The molecule has 1 aromatic rings. The number of sulfonamides is 1. The molecule has 4 N–H and O–H groups in total. The van der Waals surface area contributed by atoms with Crippen LogP contribution in [0.2, 0.25) is 0 Å². The van der Waals surface area contributed by atoms with Gasteiger partial charge in [0.15, 0.2) is 0 Å². The molecule has 0 aliphatic carbocycles. The van der Waals surface area contributed by atoms with Crippen molar-refractivity contribution in [2.45, 2.75) is 17.9 Å². The number of benzene rings is 1. The molecule has 0 saturated carbocycles. The first-order chi connectivity index (χ1) is 9.72. The molecular weight excluding hydrogens is 306 g/mol. The molecule has 0 aliphatic heterocycles. The van der Waals surface area contributed by atoms with Crippen molar-refractivity contribution in [1.29, 1.82) is 0 Å². The minimum absolute atomic E-state index is 0.277. The number of nitro benzene ring substituents is 1. The third-order valence-corrected chi connectivity index (χ3v) is 4.04. The molecule has 0 radical (unpaired) electrons. The number of aryl methyl sites for hydroxylation is 1. The Balaban J connectivity index is 3.16. The van der Waals surface area contributed by atoms with Crippen molar-refractivity contribution in [3.8, 4) is 0 Å². The van der Waals surface area contributed by atoms with Gasteiger partial charge in [-0.2, -0.15) is 10.6 Å². The maximum atomic E-state index is 12.0. The first-order valence-corrected chi connectivity index (χ1v) is 7.00. The molecule has 0 amide bonds. The first-order valence-electron chi connectivity index (χ1n) is 5.51. The van der Waals surface area contributed by atoms with Gasteiger partial charge in [-0.3, -0.25) is 10.1 Å². The molecule has 0 bridgehead atoms. The fraction of sp³-hybridized carbons (Fsp3) is 0.300. The van der Waals surface area contributed by atoms with Crippen LogP contribution in [-0.2, 0) is 19.7 Å². The molecule has 1 rings (SSSR count). The van der Waals surface area contributed by atoms with Crippen molar-refractivity contribution in [3.05, 3.63) is 33.9 Å². The monoisotopic (exact) mass is 319 g/mol. The quantitative estimate of drug-likeness (QED) is 0.442. The van der Waals surface area contributed by atoms with E-state index in [9.17, 15) is 23.3 Å². The number of hydrogen-bond donors (Lipinski definition) is 3. The highest BCUT2D eigenvalue weighted by Crippen LogP contribution is 2.22. The summed E-state index contributed by atoms with van der Waals surface area (Å²) in [5, 5.41) is 19.7. The van der Waals surface area contributed by atoms with Gasteiger partial charge in [0.2, 0.25) is 10.0 Å². The van der Waals surface area contributed by atoms with E-state index >= 15 is 0 Å². The summed E-state index contributed by atoms with van der Waals surface area (Å²) in [4.78, 5) is 24.6. The molecule has 0 aliphatic rings. The number of nitrogens with zero attached hydrogens (tertiary/aromatic N) is 1. The summed E-state index contributed by atoms with van der Waals surface area (Å²) in [7, 11) is -4.27. The predicted molar refractivity (Wildman–Crippen MR) is 69.3 cm³/mol. The van der Waals surface area contributed by atoms with E-state index in [4.69, 9.17) is 5.11 Å². The van der Waals surface area contributed by atoms with Crippen LogP contribution in [0.5, 0.6) is 0 Å². The van der Waals surface area contributed by atoms with Crippen LogP contribution in [0, 0.1) is 17.0 Å². The second-order valence-corrected chi connectivity index (χ2v) is 5.71. The largest absolute Gasteiger partial charge is 0.394 e. The van der Waals surface area contributed by atoms with Crippen molar-refractivity contribution in [3.63, 3.8) is 0 Å². The Labute approximate surface area is 119 Å². The van der Waals surface area contributed by atoms with Crippen LogP contribution in [0.4, 0.5) is 5.69 Å². The molecule has 0 saturated heterocycles. The second kappa shape index (κ2) is 6.58. The van der Waals surface area contributed by atoms with Crippen molar-refractivity contribution < 1.29 is 28.1 Å². The topological polar surface area (TPSA) is 162 Å². The molecule has 1 atom stereocenters. The Hall–Kier alpha value is -2.08. The normalized spacial score (nSPS) is 12.7. The zero-order chi connectivity index (χ0) is 16.2. The summed E-state index contributed by atoms with van der Waals surface area (Å²) in [6, 6.07) is 1.62. The Morgan fingerprint density at radius 1 is 1.57 bits per heavy atom. The molecule has 10 nitrogen and oxygen atoms in total. The third kappa shape index (κ3) is 3.95. The van der Waals surface area contributed by atoms with Crippen LogP contribution in [0.15, 0.2) is 23.1 Å². The van der Waals surface area contributed by atoms with E-state index in [1.165, 1.54) is 13.0 Å². The lowest BCUT2D eigenvalue weighted by Gasteiger charge is -2.13. The molecule has 0 aromatic heterocycles. The van der Waals surface area contributed by atoms with Crippen molar-refractivity contribution in [1.82, 2.24) is 4.72 Å². The predicted octanol–water partition coefficient (Wildman–Crippen LogP) is -1.04. The van der Waals surface area contributed by atoms with Gasteiger partial charge in [0, 0.05) is 11.6 Å². The summed E-state index contributed by atoms with van der Waals surface area (Å²) in [5.74, 6) is 3.41. The summed E-state index contributed by atoms with van der Waals surface area (Å²) in [6.45, 7) is 0.563. The van der Waals surface area contributed by atoms with Crippen LogP contribution in [0.1, 0.15) is 5.56 Å². The number of rotatable bonds is 6. The van der Waals surface area contributed by atoms with Gasteiger partial charge in [-0.15, -0.1) is 0 Å². The third-order valence-electron chi connectivity index (χ3n) is 2.57. The number of carbonyl (C=O) groups is 1. The smallest absolute Gasteiger partial charge is 0.345 e. The second-order valence-electron chi connectivity index (χ2n) is 4.00. The number of carbonyl (C=O) groups excluding carboxylic acids is 1. The summed E-state index contributed by atoms with van der Waals surface area (Å²) >= 11 is 0. The highest BCUT2D eigenvalue weighted by molar-refractivity contribution is 7.89. The molecule has 0 spiro atoms. The van der Waals surface area contributed by atoms with Crippen LogP contribution in [0.3, 0.4) is 0 Å². The van der Waals surface area contributed by atoms with E-state index in [1.807, 2.05) is 4.72 Å². The number of aliphatic hydroxyl groups excluding tert-OH is 1. The molecular formula is C10H13N3O7S. The van der Waals surface area contributed by atoms with Crippen molar-refractivity contribution >= 4 is 21.7 Å². The highest BCUT2D eigenvalue weighted by atomic mass is 32.2. The Kier molecular flexibility index (Phi) is 5.32. The van der Waals surface area contributed by atoms with E-state index in [1.54, 1.807) is 0 Å². The molecule has 0 heterocycles. The number of aliphatic hydroxyl groups is 1. The average Bonchev–Trinajstić information content (AvgIpc) is 2.43. The molecule has 1 unspecified atom stereocenters. The Morgan fingerprint density at radius 2 is 2.19 bits per heavy atom. The van der Waals surface area contributed by atoms with E-state index in [-0.39, 0.29) is 11.3 Å². The zero-order valence-corrected chi connectivity index (χ0v) is 11.7.